The van der Waals surface area contributed by atoms with E-state index in [1.54, 1.807) is 0 Å². The van der Waals surface area contributed by atoms with Gasteiger partial charge in [0, 0.05) is 14.9 Å². The SMILES string of the molecule is CC(C)(CCCCSc1ccc(C=O)cc1Br)c1ccccc1. The first-order valence-electron chi connectivity index (χ1n) is 7.96. The fourth-order valence-corrected chi connectivity index (χ4v) is 4.26. The minimum Gasteiger partial charge on any atom is -0.298 e. The normalized spacial score (nSPS) is 11.4. The van der Waals surface area contributed by atoms with Crippen molar-refractivity contribution in [1.29, 1.82) is 0 Å². The van der Waals surface area contributed by atoms with Crippen LogP contribution in [0.2, 0.25) is 0 Å². The van der Waals surface area contributed by atoms with Gasteiger partial charge in [0.2, 0.25) is 0 Å². The van der Waals surface area contributed by atoms with Crippen LogP contribution < -0.4 is 0 Å². The second-order valence-corrected chi connectivity index (χ2v) is 8.35. The van der Waals surface area contributed by atoms with Gasteiger partial charge in [-0.15, -0.1) is 11.8 Å². The lowest BCUT2D eigenvalue weighted by atomic mass is 9.80. The first kappa shape index (κ1) is 18.3. The molecule has 0 aliphatic carbocycles. The molecule has 0 atom stereocenters. The molecule has 0 amide bonds. The van der Waals surface area contributed by atoms with E-state index in [9.17, 15) is 4.79 Å². The highest BCUT2D eigenvalue weighted by molar-refractivity contribution is 9.10. The van der Waals surface area contributed by atoms with Crippen LogP contribution in [0, 0.1) is 0 Å². The zero-order valence-corrected chi connectivity index (χ0v) is 16.1. The summed E-state index contributed by atoms with van der Waals surface area (Å²) in [7, 11) is 0. The Kier molecular flexibility index (Phi) is 6.91. The van der Waals surface area contributed by atoms with Crippen molar-refractivity contribution in [3.8, 4) is 0 Å². The van der Waals surface area contributed by atoms with Crippen molar-refractivity contribution in [2.24, 2.45) is 0 Å². The Morgan fingerprint density at radius 3 is 2.48 bits per heavy atom. The molecule has 23 heavy (non-hydrogen) atoms. The molecule has 0 fully saturated rings. The molecule has 0 bridgehead atoms. The van der Waals surface area contributed by atoms with Crippen LogP contribution >= 0.6 is 27.7 Å². The minimum atomic E-state index is 0.234. The molecule has 0 spiro atoms. The molecule has 0 saturated carbocycles. The number of carbonyl (C=O) groups excluding carboxylic acids is 1. The maximum Gasteiger partial charge on any atom is 0.150 e. The summed E-state index contributed by atoms with van der Waals surface area (Å²) in [6, 6.07) is 16.5. The number of aldehydes is 1. The molecule has 0 N–H and O–H groups in total. The number of benzene rings is 2. The summed E-state index contributed by atoms with van der Waals surface area (Å²) >= 11 is 5.39. The third kappa shape index (κ3) is 5.50. The van der Waals surface area contributed by atoms with Crippen LogP contribution in [0.3, 0.4) is 0 Å². The molecule has 122 valence electrons. The number of hydrogen-bond acceptors (Lipinski definition) is 2. The Morgan fingerprint density at radius 1 is 1.09 bits per heavy atom. The molecule has 2 aromatic carbocycles. The third-order valence-electron chi connectivity index (χ3n) is 4.10. The maximum atomic E-state index is 10.8. The number of halogens is 1. The summed E-state index contributed by atoms with van der Waals surface area (Å²) < 4.78 is 1.01. The molecular weight excluding hydrogens is 368 g/mol. The number of hydrogen-bond donors (Lipinski definition) is 0. The van der Waals surface area contributed by atoms with Crippen LogP contribution in [0.1, 0.15) is 49.0 Å². The Hall–Kier alpha value is -1.06. The lowest BCUT2D eigenvalue weighted by molar-refractivity contribution is 0.112. The minimum absolute atomic E-state index is 0.234. The number of unbranched alkanes of at least 4 members (excludes halogenated alkanes) is 1. The van der Waals surface area contributed by atoms with E-state index in [0.29, 0.717) is 5.56 Å². The molecule has 1 nitrogen and oxygen atoms in total. The largest absolute Gasteiger partial charge is 0.298 e. The zero-order chi connectivity index (χ0) is 16.7. The van der Waals surface area contributed by atoms with Crippen molar-refractivity contribution in [2.45, 2.75) is 43.4 Å². The molecule has 0 aromatic heterocycles. The van der Waals surface area contributed by atoms with Crippen molar-refractivity contribution >= 4 is 34.0 Å². The fraction of sp³-hybridized carbons (Fsp3) is 0.350. The van der Waals surface area contributed by atoms with Gasteiger partial charge in [-0.3, -0.25) is 4.79 Å². The highest BCUT2D eigenvalue weighted by Gasteiger charge is 2.19. The van der Waals surface area contributed by atoms with Crippen molar-refractivity contribution in [1.82, 2.24) is 0 Å². The monoisotopic (exact) mass is 390 g/mol. The molecule has 0 saturated heterocycles. The molecule has 0 aliphatic heterocycles. The first-order chi connectivity index (χ1) is 11.0. The number of carbonyl (C=O) groups is 1. The van der Waals surface area contributed by atoms with Crippen LogP contribution in [0.25, 0.3) is 0 Å². The standard InChI is InChI=1S/C20H23BrOS/c1-20(2,17-8-4-3-5-9-17)12-6-7-13-23-19-11-10-16(15-22)14-18(19)21/h3-5,8-11,14-15H,6-7,12-13H2,1-2H3. The predicted octanol–water partition coefficient (Wildman–Crippen LogP) is 6.50. The van der Waals surface area contributed by atoms with Gasteiger partial charge in [0.15, 0.2) is 0 Å². The quantitative estimate of drug-likeness (QED) is 0.290. The van der Waals surface area contributed by atoms with Gasteiger partial charge >= 0.3 is 0 Å². The summed E-state index contributed by atoms with van der Waals surface area (Å²) in [5, 5.41) is 0. The second-order valence-electron chi connectivity index (χ2n) is 6.36. The summed E-state index contributed by atoms with van der Waals surface area (Å²) in [6.45, 7) is 4.65. The van der Waals surface area contributed by atoms with E-state index in [1.165, 1.54) is 29.7 Å². The van der Waals surface area contributed by atoms with E-state index in [0.717, 1.165) is 16.5 Å². The van der Waals surface area contributed by atoms with Crippen LogP contribution in [0.4, 0.5) is 0 Å². The highest BCUT2D eigenvalue weighted by Crippen LogP contribution is 2.31. The van der Waals surface area contributed by atoms with Crippen molar-refractivity contribution in [3.63, 3.8) is 0 Å². The van der Waals surface area contributed by atoms with Gasteiger partial charge in [-0.05, 0) is 57.6 Å². The third-order valence-corrected chi connectivity index (χ3v) is 6.18. The van der Waals surface area contributed by atoms with E-state index >= 15 is 0 Å². The van der Waals surface area contributed by atoms with Gasteiger partial charge < -0.3 is 0 Å². The number of thioether (sulfide) groups is 1. The van der Waals surface area contributed by atoms with Gasteiger partial charge in [0.05, 0.1) is 0 Å². The van der Waals surface area contributed by atoms with E-state index in [-0.39, 0.29) is 5.41 Å². The summed E-state index contributed by atoms with van der Waals surface area (Å²) in [6.07, 6.45) is 4.50. The van der Waals surface area contributed by atoms with E-state index in [4.69, 9.17) is 0 Å². The summed E-state index contributed by atoms with van der Waals surface area (Å²) in [5.74, 6) is 1.10. The molecule has 3 heteroatoms. The van der Waals surface area contributed by atoms with Gasteiger partial charge in [0.1, 0.15) is 6.29 Å². The Balaban J connectivity index is 1.77. The summed E-state index contributed by atoms with van der Waals surface area (Å²) in [5.41, 5.74) is 2.36. The topological polar surface area (TPSA) is 17.1 Å². The predicted molar refractivity (Wildman–Crippen MR) is 104 cm³/mol. The highest BCUT2D eigenvalue weighted by atomic mass is 79.9. The van der Waals surface area contributed by atoms with E-state index in [1.807, 2.05) is 30.0 Å². The van der Waals surface area contributed by atoms with E-state index < -0.39 is 0 Å². The molecule has 2 rings (SSSR count). The fourth-order valence-electron chi connectivity index (χ4n) is 2.59. The van der Waals surface area contributed by atoms with Crippen LogP contribution in [0.5, 0.6) is 0 Å². The Bertz CT molecular complexity index is 637. The average Bonchev–Trinajstić information content (AvgIpc) is 2.56. The lowest BCUT2D eigenvalue weighted by Gasteiger charge is -2.25. The Labute approximate surface area is 152 Å². The zero-order valence-electron chi connectivity index (χ0n) is 13.7. The van der Waals surface area contributed by atoms with Crippen LogP contribution in [0.15, 0.2) is 57.9 Å². The summed E-state index contributed by atoms with van der Waals surface area (Å²) in [4.78, 5) is 12.0. The smallest absolute Gasteiger partial charge is 0.150 e. The van der Waals surface area contributed by atoms with Crippen molar-refractivity contribution in [3.05, 3.63) is 64.1 Å². The van der Waals surface area contributed by atoms with Crippen LogP contribution in [-0.2, 0) is 5.41 Å². The molecular formula is C20H23BrOS. The maximum absolute atomic E-state index is 10.8. The van der Waals surface area contributed by atoms with Crippen molar-refractivity contribution < 1.29 is 4.79 Å². The van der Waals surface area contributed by atoms with Crippen molar-refractivity contribution in [2.75, 3.05) is 5.75 Å². The molecule has 0 aliphatic rings. The van der Waals surface area contributed by atoms with E-state index in [2.05, 4.69) is 60.1 Å². The van der Waals surface area contributed by atoms with Crippen LogP contribution in [-0.4, -0.2) is 12.0 Å². The van der Waals surface area contributed by atoms with Gasteiger partial charge in [-0.25, -0.2) is 0 Å². The molecule has 0 radical (unpaired) electrons. The van der Waals surface area contributed by atoms with Gasteiger partial charge in [0.25, 0.3) is 0 Å². The second kappa shape index (κ2) is 8.70. The van der Waals surface area contributed by atoms with Gasteiger partial charge in [-0.1, -0.05) is 56.7 Å². The molecule has 0 unspecified atom stereocenters. The molecule has 2 aromatic rings. The van der Waals surface area contributed by atoms with Gasteiger partial charge in [-0.2, -0.15) is 0 Å². The lowest BCUT2D eigenvalue weighted by Crippen LogP contribution is -2.16. The Morgan fingerprint density at radius 2 is 1.83 bits per heavy atom. The number of rotatable bonds is 8. The average molecular weight is 391 g/mol. The molecule has 0 heterocycles. The first-order valence-corrected chi connectivity index (χ1v) is 9.74.